The van der Waals surface area contributed by atoms with E-state index in [2.05, 4.69) is 19.1 Å². The van der Waals surface area contributed by atoms with E-state index in [1.807, 2.05) is 0 Å². The molecule has 0 spiro atoms. The van der Waals surface area contributed by atoms with Crippen molar-refractivity contribution in [1.82, 2.24) is 0 Å². The molecule has 41 heavy (non-hydrogen) atoms. The molecule has 0 aromatic carbocycles. The van der Waals surface area contributed by atoms with Gasteiger partial charge in [-0.2, -0.15) is 0 Å². The highest BCUT2D eigenvalue weighted by Gasteiger charge is 2.41. The Labute approximate surface area is 252 Å². The lowest BCUT2D eigenvalue weighted by molar-refractivity contribution is -0.901. The zero-order valence-electron chi connectivity index (χ0n) is 27.1. The Bertz CT molecular complexity index is 660. The number of allylic oxidation sites excluding steroid dienone is 2. The van der Waals surface area contributed by atoms with Crippen LogP contribution in [-0.2, 0) is 13.8 Å². The molecule has 0 rings (SSSR count). The minimum absolute atomic E-state index is 0.0655. The number of ether oxygens (including phenoxy) is 1. The topological polar surface area (TPSA) is 116 Å². The molecule has 0 saturated carbocycles. The Morgan fingerprint density at radius 3 is 1.68 bits per heavy atom. The molecule has 0 heterocycles. The van der Waals surface area contributed by atoms with Crippen LogP contribution >= 0.6 is 7.60 Å². The van der Waals surface area contributed by atoms with Gasteiger partial charge in [0, 0.05) is 13.0 Å². The zero-order chi connectivity index (χ0) is 30.8. The number of aliphatic hydroxyl groups excluding tert-OH is 2. The largest absolute Gasteiger partial charge is 0.388 e. The van der Waals surface area contributed by atoms with Crippen LogP contribution in [0.3, 0.4) is 0 Å². The molecule has 4 N–H and O–H groups in total. The highest BCUT2D eigenvalue weighted by Crippen LogP contribution is 2.50. The Hall–Kier alpha value is -0.310. The van der Waals surface area contributed by atoms with Crippen molar-refractivity contribution in [3.05, 3.63) is 12.2 Å². The molecule has 9 heteroatoms. The predicted molar refractivity (Wildman–Crippen MR) is 170 cm³/mol. The van der Waals surface area contributed by atoms with Crippen molar-refractivity contribution in [3.8, 4) is 0 Å². The molecule has 0 amide bonds. The van der Waals surface area contributed by atoms with E-state index in [0.717, 1.165) is 12.8 Å². The summed E-state index contributed by atoms with van der Waals surface area (Å²) in [6.45, 7) is 4.50. The summed E-state index contributed by atoms with van der Waals surface area (Å²) >= 11 is 0. The average Bonchev–Trinajstić information content (AvgIpc) is 2.93. The van der Waals surface area contributed by atoms with Gasteiger partial charge in [0.15, 0.2) is 12.1 Å². The molecule has 0 aromatic rings. The summed E-state index contributed by atoms with van der Waals surface area (Å²) < 4.78 is 23.4. The van der Waals surface area contributed by atoms with Gasteiger partial charge in [-0.05, 0) is 39.0 Å². The van der Waals surface area contributed by atoms with Gasteiger partial charge < -0.3 is 34.0 Å². The van der Waals surface area contributed by atoms with Crippen molar-refractivity contribution in [1.29, 1.82) is 0 Å². The predicted octanol–water partition coefficient (Wildman–Crippen LogP) is 7.29. The Morgan fingerprint density at radius 2 is 1.20 bits per heavy atom. The third-order valence-corrected chi connectivity index (χ3v) is 10.1. The lowest BCUT2D eigenvalue weighted by Gasteiger charge is -2.37. The molecule has 0 aromatic heterocycles. The first-order valence-corrected chi connectivity index (χ1v) is 18.2. The highest BCUT2D eigenvalue weighted by atomic mass is 31.2. The molecule has 0 fully saturated rings. The van der Waals surface area contributed by atoms with E-state index in [0.29, 0.717) is 13.2 Å². The van der Waals surface area contributed by atoms with Gasteiger partial charge in [-0.1, -0.05) is 103 Å². The van der Waals surface area contributed by atoms with E-state index in [-0.39, 0.29) is 24.1 Å². The van der Waals surface area contributed by atoms with E-state index < -0.39 is 25.8 Å². The molecular weight excluding hydrogens is 541 g/mol. The Morgan fingerprint density at radius 1 is 0.732 bits per heavy atom. The van der Waals surface area contributed by atoms with Gasteiger partial charge in [0.1, 0.15) is 6.10 Å². The number of rotatable bonds is 30. The van der Waals surface area contributed by atoms with Crippen LogP contribution in [0.4, 0.5) is 0 Å². The van der Waals surface area contributed by atoms with Gasteiger partial charge in [-0.15, -0.1) is 0 Å². The van der Waals surface area contributed by atoms with Crippen LogP contribution in [-0.4, -0.2) is 83.3 Å². The van der Waals surface area contributed by atoms with Gasteiger partial charge in [-0.3, -0.25) is 4.57 Å². The molecular formula is C32H67NO7P+. The summed E-state index contributed by atoms with van der Waals surface area (Å²) in [4.78, 5) is 10.3. The number of hydrogen-bond donors (Lipinski definition) is 4. The lowest BCUT2D eigenvalue weighted by Crippen LogP contribution is -2.48. The summed E-state index contributed by atoms with van der Waals surface area (Å²) in [5.41, 5.74) is 0. The van der Waals surface area contributed by atoms with Crippen LogP contribution in [0.25, 0.3) is 0 Å². The standard InChI is InChI=1S/C32H66NO7P/c1-5-6-7-8-9-10-11-12-13-14-15-16-17-18-19-20-21-22-23-24-27-39-28-31(34)29-40-41(37,38)30(2)33(3,4)26-25-32(35)36/h15-16,30-32,34-36H,5-14,17-29H2,1-4H3/p+1/b16-15-/t30?,31-/m1/s1. The highest BCUT2D eigenvalue weighted by molar-refractivity contribution is 7.53. The normalized spacial score (nSPS) is 15.5. The number of aliphatic hydroxyl groups is 3. The maximum atomic E-state index is 12.6. The Balaban J connectivity index is 3.59. The SMILES string of the molecule is CCCCCCCCCCC/C=C\CCCCCCCCCOC[C@@H](O)COP(=O)(O)C(C)[N+](C)(C)CCC(O)O. The molecule has 0 aliphatic rings. The zero-order valence-corrected chi connectivity index (χ0v) is 28.0. The van der Waals surface area contributed by atoms with E-state index in [9.17, 15) is 14.6 Å². The average molecular weight is 609 g/mol. The molecule has 2 unspecified atom stereocenters. The van der Waals surface area contributed by atoms with Crippen molar-refractivity contribution in [2.75, 3.05) is 40.5 Å². The second-order valence-corrected chi connectivity index (χ2v) is 14.5. The number of hydrogen-bond acceptors (Lipinski definition) is 6. The summed E-state index contributed by atoms with van der Waals surface area (Å²) in [5, 5.41) is 28.2. The maximum absolute atomic E-state index is 12.6. The monoisotopic (exact) mass is 608 g/mol. The summed E-state index contributed by atoms with van der Waals surface area (Å²) in [5.74, 6) is -0.778. The molecule has 0 radical (unpaired) electrons. The molecule has 0 aliphatic carbocycles. The fourth-order valence-corrected chi connectivity index (χ4v) is 6.26. The summed E-state index contributed by atoms with van der Waals surface area (Å²) in [6.07, 6.45) is 25.7. The minimum Gasteiger partial charge on any atom is -0.388 e. The smallest absolute Gasteiger partial charge is 0.384 e. The third-order valence-electron chi connectivity index (χ3n) is 8.01. The van der Waals surface area contributed by atoms with Crippen LogP contribution in [0.2, 0.25) is 0 Å². The summed E-state index contributed by atoms with van der Waals surface area (Å²) in [7, 11) is -0.546. The van der Waals surface area contributed by atoms with Gasteiger partial charge in [0.25, 0.3) is 0 Å². The van der Waals surface area contributed by atoms with Crippen LogP contribution in [0.15, 0.2) is 12.2 Å². The second kappa shape index (κ2) is 26.1. The van der Waals surface area contributed by atoms with Crippen LogP contribution in [0.1, 0.15) is 136 Å². The van der Waals surface area contributed by atoms with Crippen LogP contribution < -0.4 is 0 Å². The fourth-order valence-electron chi connectivity index (χ4n) is 4.76. The number of quaternary nitrogens is 1. The molecule has 246 valence electrons. The van der Waals surface area contributed by atoms with Gasteiger partial charge in [0.2, 0.25) is 0 Å². The van der Waals surface area contributed by atoms with Crippen molar-refractivity contribution >= 4 is 7.60 Å². The third kappa shape index (κ3) is 24.8. The van der Waals surface area contributed by atoms with Gasteiger partial charge >= 0.3 is 7.60 Å². The first-order valence-electron chi connectivity index (χ1n) is 16.6. The van der Waals surface area contributed by atoms with E-state index in [1.54, 1.807) is 21.0 Å². The number of nitrogens with zero attached hydrogens (tertiary/aromatic N) is 1. The van der Waals surface area contributed by atoms with Crippen LogP contribution in [0.5, 0.6) is 0 Å². The van der Waals surface area contributed by atoms with E-state index in [4.69, 9.17) is 19.5 Å². The van der Waals surface area contributed by atoms with E-state index in [1.165, 1.54) is 103 Å². The maximum Gasteiger partial charge on any atom is 0.384 e. The van der Waals surface area contributed by atoms with Crippen molar-refractivity contribution in [2.24, 2.45) is 0 Å². The molecule has 3 atom stereocenters. The number of unbranched alkanes of at least 4 members (excludes halogenated alkanes) is 16. The molecule has 0 aliphatic heterocycles. The summed E-state index contributed by atoms with van der Waals surface area (Å²) in [6, 6.07) is 0. The lowest BCUT2D eigenvalue weighted by atomic mass is 10.1. The van der Waals surface area contributed by atoms with Gasteiger partial charge in [0.05, 0.1) is 33.9 Å². The first-order chi connectivity index (χ1) is 19.5. The Kier molecular flexibility index (Phi) is 25.9. The van der Waals surface area contributed by atoms with E-state index >= 15 is 0 Å². The van der Waals surface area contributed by atoms with Crippen molar-refractivity contribution in [3.63, 3.8) is 0 Å². The molecule has 0 bridgehead atoms. The first kappa shape index (κ1) is 40.7. The molecule has 8 nitrogen and oxygen atoms in total. The minimum atomic E-state index is -4.01. The second-order valence-electron chi connectivity index (χ2n) is 12.3. The van der Waals surface area contributed by atoms with Crippen molar-refractivity contribution in [2.45, 2.75) is 154 Å². The van der Waals surface area contributed by atoms with Crippen molar-refractivity contribution < 1.29 is 38.5 Å². The quantitative estimate of drug-likeness (QED) is 0.0222. The van der Waals surface area contributed by atoms with Gasteiger partial charge in [-0.25, -0.2) is 0 Å². The molecule has 0 saturated heterocycles. The van der Waals surface area contributed by atoms with Crippen LogP contribution in [0, 0.1) is 0 Å². The fraction of sp³-hybridized carbons (Fsp3) is 0.938.